The van der Waals surface area contributed by atoms with Crippen LogP contribution >= 0.6 is 0 Å². The minimum atomic E-state index is -0.482. The van der Waals surface area contributed by atoms with Gasteiger partial charge in [0, 0.05) is 25.0 Å². The fourth-order valence-electron chi connectivity index (χ4n) is 2.58. The van der Waals surface area contributed by atoms with Gasteiger partial charge in [-0.05, 0) is 36.8 Å². The molecule has 7 nitrogen and oxygen atoms in total. The lowest BCUT2D eigenvalue weighted by Crippen LogP contribution is -2.43. The second kappa shape index (κ2) is 6.64. The molecule has 2 aliphatic heterocycles. The Kier molecular flexibility index (Phi) is 4.38. The van der Waals surface area contributed by atoms with Crippen LogP contribution in [0.5, 0.6) is 0 Å². The molecule has 25 heavy (non-hydrogen) atoms. The minimum Gasteiger partial charge on any atom is -0.682 e. The first-order valence-electron chi connectivity index (χ1n) is 7.63. The summed E-state index contributed by atoms with van der Waals surface area (Å²) in [5.41, 5.74) is 1.12. The molecule has 0 bridgehead atoms. The fraction of sp³-hybridized carbons (Fsp3) is 0.167. The second-order valence-electron chi connectivity index (χ2n) is 5.43. The number of imide groups is 1. The number of carbonyl (C=O) groups excluding carboxylic acids is 2. The van der Waals surface area contributed by atoms with Crippen molar-refractivity contribution in [2.24, 2.45) is 0 Å². The average Bonchev–Trinajstić information content (AvgIpc) is 3.01. The Morgan fingerprint density at radius 1 is 1.20 bits per heavy atom. The number of allylic oxidation sites excluding steroid dienone is 2. The van der Waals surface area contributed by atoms with Gasteiger partial charge < -0.3 is 15.0 Å². The highest BCUT2D eigenvalue weighted by Crippen LogP contribution is 2.30. The number of aromatic nitrogens is 1. The molecule has 0 N–H and O–H groups in total. The quantitative estimate of drug-likeness (QED) is 0.625. The fourth-order valence-corrected chi connectivity index (χ4v) is 2.58. The maximum absolute atomic E-state index is 12.9. The smallest absolute Gasteiger partial charge is 0.266 e. The number of likely N-dealkylation sites (N-methyl/N-ethyl adjacent to an activating group) is 1. The van der Waals surface area contributed by atoms with Crippen LogP contribution in [0.1, 0.15) is 6.92 Å². The van der Waals surface area contributed by atoms with Crippen molar-refractivity contribution in [1.29, 1.82) is 0 Å². The molecule has 0 atom stereocenters. The summed E-state index contributed by atoms with van der Waals surface area (Å²) < 4.78 is 5.33. The number of carbonyl (C=O) groups is 2. The number of rotatable bonds is 3. The molecule has 2 aliphatic rings. The lowest BCUT2D eigenvalue weighted by atomic mass is 9.98. The van der Waals surface area contributed by atoms with E-state index in [-0.39, 0.29) is 11.5 Å². The molecule has 0 unspecified atom stereocenters. The summed E-state index contributed by atoms with van der Waals surface area (Å²) in [6, 6.07) is 5.04. The number of hydrogen-bond acceptors (Lipinski definition) is 5. The summed E-state index contributed by atoms with van der Waals surface area (Å²) in [7, 11) is 3.35. The highest BCUT2D eigenvalue weighted by atomic mass is 16.5. The second-order valence-corrected chi connectivity index (χ2v) is 5.43. The van der Waals surface area contributed by atoms with Gasteiger partial charge in [-0.25, -0.2) is 9.88 Å². The predicted octanol–water partition coefficient (Wildman–Crippen LogP) is 2.43. The lowest BCUT2D eigenvalue weighted by Gasteiger charge is -2.34. The van der Waals surface area contributed by atoms with Crippen LogP contribution in [0.15, 0.2) is 71.7 Å². The maximum atomic E-state index is 12.9. The highest BCUT2D eigenvalue weighted by molar-refractivity contribution is 6.30. The van der Waals surface area contributed by atoms with E-state index >= 15 is 0 Å². The number of pyridine rings is 1. The molecule has 1 aromatic rings. The van der Waals surface area contributed by atoms with E-state index in [9.17, 15) is 9.59 Å². The van der Waals surface area contributed by atoms with E-state index in [0.29, 0.717) is 17.0 Å². The molecule has 0 saturated carbocycles. The van der Waals surface area contributed by atoms with Gasteiger partial charge in [0.15, 0.2) is 5.88 Å². The van der Waals surface area contributed by atoms with E-state index in [1.54, 1.807) is 54.6 Å². The first kappa shape index (κ1) is 16.5. The van der Waals surface area contributed by atoms with Crippen molar-refractivity contribution in [2.75, 3.05) is 19.0 Å². The SMILES string of the molecule is C[N-]C1=C(C)C(=CC=C2OC=CN2C)C(=O)N(c2ccccn2)C1=O. The Hall–Kier alpha value is -3.35. The third-order valence-electron chi connectivity index (χ3n) is 3.91. The third kappa shape index (κ3) is 2.91. The zero-order chi connectivity index (χ0) is 18.0. The van der Waals surface area contributed by atoms with Crippen molar-refractivity contribution >= 4 is 17.6 Å². The molecule has 128 valence electrons. The van der Waals surface area contributed by atoms with Crippen molar-refractivity contribution in [1.82, 2.24) is 9.88 Å². The van der Waals surface area contributed by atoms with E-state index in [2.05, 4.69) is 10.3 Å². The molecule has 0 saturated heterocycles. The van der Waals surface area contributed by atoms with Gasteiger partial charge in [0.2, 0.25) is 5.91 Å². The van der Waals surface area contributed by atoms with Crippen molar-refractivity contribution in [3.05, 3.63) is 77.1 Å². The summed E-state index contributed by atoms with van der Waals surface area (Å²) in [5.74, 6) is -0.0894. The molecule has 3 heterocycles. The molecule has 7 heteroatoms. The number of amides is 2. The topological polar surface area (TPSA) is 76.8 Å². The highest BCUT2D eigenvalue weighted by Gasteiger charge is 2.33. The standard InChI is InChI=1S/C18H17N4O3/c1-12-13(7-8-15-21(3)10-11-25-15)17(23)22(18(24)16(12)19-2)14-6-4-5-9-20-14/h4-11H,1-3H3/q-1. The van der Waals surface area contributed by atoms with Crippen molar-refractivity contribution in [3.8, 4) is 0 Å². The Bertz CT molecular complexity index is 837. The molecule has 0 aromatic carbocycles. The van der Waals surface area contributed by atoms with Gasteiger partial charge in [-0.1, -0.05) is 11.8 Å². The zero-order valence-corrected chi connectivity index (χ0v) is 14.1. The van der Waals surface area contributed by atoms with Crippen LogP contribution in [-0.2, 0) is 14.3 Å². The van der Waals surface area contributed by atoms with E-state index < -0.39 is 11.8 Å². The maximum Gasteiger partial charge on any atom is 0.266 e. The summed E-state index contributed by atoms with van der Waals surface area (Å²) in [6.07, 6.45) is 8.14. The zero-order valence-electron chi connectivity index (χ0n) is 14.1. The molecule has 0 spiro atoms. The molecule has 0 aliphatic carbocycles. The van der Waals surface area contributed by atoms with Crippen molar-refractivity contribution in [2.45, 2.75) is 6.92 Å². The molecule has 0 radical (unpaired) electrons. The van der Waals surface area contributed by atoms with Crippen LogP contribution in [0.4, 0.5) is 5.82 Å². The van der Waals surface area contributed by atoms with E-state index in [1.165, 1.54) is 13.2 Å². The molecule has 1 aromatic heterocycles. The Labute approximate surface area is 145 Å². The average molecular weight is 337 g/mol. The number of nitrogens with zero attached hydrogens (tertiary/aromatic N) is 4. The normalized spacial score (nSPS) is 20.8. The van der Waals surface area contributed by atoms with Crippen LogP contribution in [0.3, 0.4) is 0 Å². The van der Waals surface area contributed by atoms with Crippen LogP contribution in [0.25, 0.3) is 5.32 Å². The predicted molar refractivity (Wildman–Crippen MR) is 92.9 cm³/mol. The minimum absolute atomic E-state index is 0.230. The monoisotopic (exact) mass is 337 g/mol. The Morgan fingerprint density at radius 3 is 2.60 bits per heavy atom. The van der Waals surface area contributed by atoms with E-state index in [0.717, 1.165) is 4.90 Å². The third-order valence-corrected chi connectivity index (χ3v) is 3.91. The van der Waals surface area contributed by atoms with Gasteiger partial charge in [0.05, 0.1) is 0 Å². The first-order valence-corrected chi connectivity index (χ1v) is 7.63. The van der Waals surface area contributed by atoms with Gasteiger partial charge in [0.25, 0.3) is 5.91 Å². The first-order chi connectivity index (χ1) is 12.0. The van der Waals surface area contributed by atoms with Gasteiger partial charge in [0.1, 0.15) is 12.1 Å². The summed E-state index contributed by atoms with van der Waals surface area (Å²) in [5, 5.41) is 4.06. The number of ether oxygens (including phenoxy) is 1. The van der Waals surface area contributed by atoms with Gasteiger partial charge >= 0.3 is 0 Å². The molecule has 3 rings (SSSR count). The van der Waals surface area contributed by atoms with E-state index in [4.69, 9.17) is 4.74 Å². The van der Waals surface area contributed by atoms with Crippen LogP contribution in [0, 0.1) is 0 Å². The lowest BCUT2D eigenvalue weighted by molar-refractivity contribution is -0.123. The van der Waals surface area contributed by atoms with Crippen LogP contribution in [-0.4, -0.2) is 35.8 Å². The molecule has 0 fully saturated rings. The number of hydrogen-bond donors (Lipinski definition) is 0. The van der Waals surface area contributed by atoms with Gasteiger partial charge in [-0.15, -0.1) is 7.05 Å². The van der Waals surface area contributed by atoms with Crippen LogP contribution < -0.4 is 4.90 Å². The van der Waals surface area contributed by atoms with Crippen molar-refractivity contribution < 1.29 is 14.3 Å². The summed E-state index contributed by atoms with van der Waals surface area (Å²) in [4.78, 5) is 32.5. The van der Waals surface area contributed by atoms with E-state index in [1.807, 2.05) is 7.05 Å². The van der Waals surface area contributed by atoms with Crippen LogP contribution in [0.2, 0.25) is 0 Å². The molecule has 2 amide bonds. The molecular formula is C18H17N4O3-. The molecular weight excluding hydrogens is 320 g/mol. The Morgan fingerprint density at radius 2 is 2.00 bits per heavy atom. The summed E-state index contributed by atoms with van der Waals surface area (Å²) in [6.45, 7) is 1.70. The van der Waals surface area contributed by atoms with Gasteiger partial charge in [-0.3, -0.25) is 9.59 Å². The largest absolute Gasteiger partial charge is 0.682 e. The van der Waals surface area contributed by atoms with Gasteiger partial charge in [-0.2, -0.15) is 0 Å². The Balaban J connectivity index is 2.06. The summed E-state index contributed by atoms with van der Waals surface area (Å²) >= 11 is 0. The number of anilines is 1. The van der Waals surface area contributed by atoms with Crippen molar-refractivity contribution in [3.63, 3.8) is 0 Å².